The van der Waals surface area contributed by atoms with Crippen molar-refractivity contribution in [2.45, 2.75) is 135 Å². The Hall–Kier alpha value is -6.83. The van der Waals surface area contributed by atoms with Crippen molar-refractivity contribution in [3.63, 3.8) is 0 Å². The summed E-state index contributed by atoms with van der Waals surface area (Å²) >= 11 is 0. The van der Waals surface area contributed by atoms with E-state index in [1.807, 2.05) is 45.0 Å². The smallest absolute Gasteiger partial charge is 0.245 e. The van der Waals surface area contributed by atoms with Gasteiger partial charge in [-0.15, -0.1) is 0 Å². The molecule has 3 saturated heterocycles. The number of aromatic amines is 1. The summed E-state index contributed by atoms with van der Waals surface area (Å²) in [6.45, 7) is 10.3. The lowest BCUT2D eigenvalue weighted by Gasteiger charge is -2.45. The number of carbonyl (C=O) groups excluding carboxylic acids is 9. The van der Waals surface area contributed by atoms with Crippen LogP contribution in [0.2, 0.25) is 0 Å². The van der Waals surface area contributed by atoms with Crippen LogP contribution in [0.3, 0.4) is 0 Å². The van der Waals surface area contributed by atoms with Crippen molar-refractivity contribution < 1.29 is 47.9 Å². The minimum atomic E-state index is -1.70. The van der Waals surface area contributed by atoms with Crippen molar-refractivity contribution >= 4 is 64.1 Å². The number of hydrogen-bond donors (Lipinski definition) is 10. The molecule has 7 unspecified atom stereocenters. The third-order valence-corrected chi connectivity index (χ3v) is 12.9. The Balaban J connectivity index is 1.38. The molecule has 0 spiro atoms. The molecule has 10 N–H and O–H groups in total. The Morgan fingerprint density at radius 3 is 1.99 bits per heavy atom. The van der Waals surface area contributed by atoms with Crippen LogP contribution in [0.1, 0.15) is 78.4 Å². The third-order valence-electron chi connectivity index (χ3n) is 12.9. The van der Waals surface area contributed by atoms with Gasteiger partial charge < -0.3 is 57.6 Å². The first kappa shape index (κ1) is 50.6. The van der Waals surface area contributed by atoms with E-state index in [1.165, 1.54) is 6.92 Å². The number of H-pyrrole nitrogens is 1. The summed E-state index contributed by atoms with van der Waals surface area (Å²) in [4.78, 5) is 130. The number of nitrogens with one attached hydrogen (secondary N) is 10. The predicted octanol–water partition coefficient (Wildman–Crippen LogP) is -0.140. The van der Waals surface area contributed by atoms with Crippen LogP contribution in [0.4, 0.5) is 0 Å². The number of para-hydroxylation sites is 1. The summed E-state index contributed by atoms with van der Waals surface area (Å²) in [6, 6.07) is 6.58. The fraction of sp³-hybridized carbons (Fsp3) is 0.521. The lowest BCUT2D eigenvalue weighted by molar-refractivity contribution is -0.154. The molecule has 3 aliphatic heterocycles. The standard InChI is InChI=1S/C48H64N10O10/c1-7-38-25(4)26(5)41(51-27(6)59)48(68-38)58-40(61)21-36-46(66)55-35-20-39(60)50-23-37(47(67)52-32(17-24(2)3)42(62)56-36)57-43(63)33(18-28-13-9-8-10-14-28)53-44(64)34(54-45(35)65)19-29-22-49-31-16-12-11-15-30(29)31/h8-16,22,24-26,32-38,41,48-49H,7,17-21,23H2,1-6H3,(H,50,60)(H,51,59)(H,52,67)(H,53,64)(H,54,65)(H,55,66)(H,56,62)(H,57,63)(H,58,61)/t25?,26?,32-,33-,34-,35?,36-,37?,38?,41?,48?/m0/s1. The molecule has 0 saturated carbocycles. The molecule has 3 fully saturated rings. The molecule has 20 nitrogen and oxygen atoms in total. The topological polar surface area (TPSA) is 287 Å². The van der Waals surface area contributed by atoms with Gasteiger partial charge in [0, 0.05) is 43.4 Å². The number of ether oxygens (including phenoxy) is 1. The Morgan fingerprint density at radius 2 is 1.28 bits per heavy atom. The first-order valence-electron chi connectivity index (χ1n) is 23.3. The second-order valence-electron chi connectivity index (χ2n) is 18.5. The summed E-state index contributed by atoms with van der Waals surface area (Å²) in [5.74, 6) is -7.54. The Labute approximate surface area is 394 Å². The fourth-order valence-electron chi connectivity index (χ4n) is 9.00. The molecule has 6 rings (SSSR count). The van der Waals surface area contributed by atoms with Crippen molar-refractivity contribution in [2.75, 3.05) is 6.54 Å². The van der Waals surface area contributed by atoms with Gasteiger partial charge in [0.05, 0.1) is 25.0 Å². The summed E-state index contributed by atoms with van der Waals surface area (Å²) in [5, 5.41) is 25.0. The molecule has 366 valence electrons. The maximum absolute atomic E-state index is 14.5. The molecular weight excluding hydrogens is 877 g/mol. The highest BCUT2D eigenvalue weighted by Crippen LogP contribution is 2.31. The minimum absolute atomic E-state index is 0.00808. The molecule has 3 aliphatic rings. The molecule has 20 heteroatoms. The summed E-state index contributed by atoms with van der Waals surface area (Å²) in [5.41, 5.74) is 2.05. The van der Waals surface area contributed by atoms with Crippen LogP contribution in [0.25, 0.3) is 10.9 Å². The van der Waals surface area contributed by atoms with Gasteiger partial charge in [0.15, 0.2) is 6.23 Å². The maximum Gasteiger partial charge on any atom is 0.245 e. The largest absolute Gasteiger partial charge is 0.361 e. The zero-order valence-electron chi connectivity index (χ0n) is 39.2. The van der Waals surface area contributed by atoms with E-state index < -0.39 is 115 Å². The molecule has 4 heterocycles. The molecule has 9 amide bonds. The summed E-state index contributed by atoms with van der Waals surface area (Å²) in [6.07, 6.45) is -0.528. The Kier molecular flexibility index (Phi) is 16.9. The number of rotatable bonds is 11. The van der Waals surface area contributed by atoms with Gasteiger partial charge in [0.2, 0.25) is 53.2 Å². The number of aromatic nitrogens is 1. The highest BCUT2D eigenvalue weighted by Gasteiger charge is 2.43. The van der Waals surface area contributed by atoms with Gasteiger partial charge in [-0.1, -0.05) is 83.1 Å². The second kappa shape index (κ2) is 22.8. The van der Waals surface area contributed by atoms with Crippen molar-refractivity contribution in [1.29, 1.82) is 0 Å². The van der Waals surface area contributed by atoms with E-state index in [1.54, 1.807) is 50.4 Å². The molecule has 1 aromatic heterocycles. The molecule has 0 aliphatic carbocycles. The van der Waals surface area contributed by atoms with Gasteiger partial charge in [0.1, 0.15) is 36.3 Å². The molecule has 68 heavy (non-hydrogen) atoms. The second-order valence-corrected chi connectivity index (χ2v) is 18.5. The molecule has 0 radical (unpaired) electrons. The predicted molar refractivity (Wildman–Crippen MR) is 248 cm³/mol. The van der Waals surface area contributed by atoms with Crippen LogP contribution >= 0.6 is 0 Å². The highest BCUT2D eigenvalue weighted by atomic mass is 16.5. The average Bonchev–Trinajstić information content (AvgIpc) is 3.70. The highest BCUT2D eigenvalue weighted by molar-refractivity contribution is 6.01. The summed E-state index contributed by atoms with van der Waals surface area (Å²) in [7, 11) is 0. The van der Waals surface area contributed by atoms with Gasteiger partial charge in [0.25, 0.3) is 0 Å². The van der Waals surface area contributed by atoms with Crippen LogP contribution < -0.4 is 47.9 Å². The molecule has 2 aromatic carbocycles. The third kappa shape index (κ3) is 13.0. The van der Waals surface area contributed by atoms with E-state index in [2.05, 4.69) is 52.8 Å². The van der Waals surface area contributed by atoms with Gasteiger partial charge in [-0.25, -0.2) is 0 Å². The van der Waals surface area contributed by atoms with Gasteiger partial charge >= 0.3 is 0 Å². The lowest BCUT2D eigenvalue weighted by Crippen LogP contribution is -2.65. The quantitative estimate of drug-likeness (QED) is 0.122. The number of amides is 9. The molecule has 3 aromatic rings. The van der Waals surface area contributed by atoms with E-state index >= 15 is 0 Å². The molecule has 2 bridgehead atoms. The van der Waals surface area contributed by atoms with Crippen LogP contribution in [0.15, 0.2) is 60.8 Å². The SMILES string of the molecule is CCC1OC(NC(=O)C[C@@H]2NC(=O)[C@H](CC(C)C)NC(=O)C3CNC(=O)CC(NC2=O)C(=O)N[C@@H](Cc2c[nH]c4ccccc24)C(=O)N[C@@H](Cc2ccccc2)C(=O)N3)C(NC(C)=O)C(C)C1C. The number of fused-ring (bicyclic) bond motifs is 6. The number of hydrogen-bond acceptors (Lipinski definition) is 10. The van der Waals surface area contributed by atoms with E-state index in [0.717, 1.165) is 10.9 Å². The van der Waals surface area contributed by atoms with Crippen molar-refractivity contribution in [3.8, 4) is 0 Å². The zero-order chi connectivity index (χ0) is 49.2. The van der Waals surface area contributed by atoms with Crippen molar-refractivity contribution in [2.24, 2.45) is 17.8 Å². The van der Waals surface area contributed by atoms with E-state index in [9.17, 15) is 43.2 Å². The van der Waals surface area contributed by atoms with Crippen LogP contribution in [-0.4, -0.2) is 119 Å². The first-order chi connectivity index (χ1) is 32.4. The van der Waals surface area contributed by atoms with Crippen LogP contribution in [0, 0.1) is 17.8 Å². The van der Waals surface area contributed by atoms with Crippen molar-refractivity contribution in [1.82, 2.24) is 52.8 Å². The average molecular weight is 941 g/mol. The Bertz CT molecular complexity index is 2360. The lowest BCUT2D eigenvalue weighted by atomic mass is 9.80. The van der Waals surface area contributed by atoms with Gasteiger partial charge in [-0.05, 0) is 47.8 Å². The van der Waals surface area contributed by atoms with Gasteiger partial charge in [-0.2, -0.15) is 0 Å². The Morgan fingerprint density at radius 1 is 0.691 bits per heavy atom. The fourth-order valence-corrected chi connectivity index (χ4v) is 9.00. The van der Waals surface area contributed by atoms with Crippen LogP contribution in [-0.2, 0) is 60.7 Å². The minimum Gasteiger partial charge on any atom is -0.361 e. The van der Waals surface area contributed by atoms with E-state index in [4.69, 9.17) is 4.74 Å². The first-order valence-corrected chi connectivity index (χ1v) is 23.3. The zero-order valence-corrected chi connectivity index (χ0v) is 39.2. The monoisotopic (exact) mass is 940 g/mol. The number of benzene rings is 2. The van der Waals surface area contributed by atoms with Crippen molar-refractivity contribution in [3.05, 3.63) is 71.9 Å². The molecular formula is C48H64N10O10. The van der Waals surface area contributed by atoms with E-state index in [0.29, 0.717) is 17.5 Å². The van der Waals surface area contributed by atoms with E-state index in [-0.39, 0.29) is 49.0 Å². The number of carbonyl (C=O) groups is 9. The molecule has 11 atom stereocenters. The maximum atomic E-state index is 14.5. The van der Waals surface area contributed by atoms with Crippen LogP contribution in [0.5, 0.6) is 0 Å². The van der Waals surface area contributed by atoms with Gasteiger partial charge in [-0.3, -0.25) is 43.2 Å². The summed E-state index contributed by atoms with van der Waals surface area (Å²) < 4.78 is 6.26. The normalized spacial score (nSPS) is 28.8.